The van der Waals surface area contributed by atoms with Crippen LogP contribution in [-0.2, 0) is 27.4 Å². The maximum Gasteiger partial charge on any atom is 0.237 e. The number of methoxy groups -OCH3 is 2. The van der Waals surface area contributed by atoms with Gasteiger partial charge in [-0.2, -0.15) is 0 Å². The van der Waals surface area contributed by atoms with E-state index in [1.807, 2.05) is 0 Å². The van der Waals surface area contributed by atoms with Crippen LogP contribution in [0.4, 0.5) is 5.69 Å². The van der Waals surface area contributed by atoms with E-state index in [0.717, 1.165) is 0 Å². The van der Waals surface area contributed by atoms with E-state index in [0.29, 0.717) is 28.2 Å². The van der Waals surface area contributed by atoms with Crippen LogP contribution in [-0.4, -0.2) is 48.6 Å². The average molecular weight is 477 g/mol. The Kier molecular flexibility index (Phi) is 7.41. The molecule has 0 fully saturated rings. The Labute approximate surface area is 191 Å². The molecule has 0 aliphatic rings. The topological polar surface area (TPSA) is 112 Å². The molecule has 170 valence electrons. The van der Waals surface area contributed by atoms with Crippen molar-refractivity contribution >= 4 is 33.2 Å². The van der Waals surface area contributed by atoms with E-state index in [9.17, 15) is 13.2 Å². The van der Waals surface area contributed by atoms with Crippen LogP contribution in [0.1, 0.15) is 12.7 Å². The molecule has 1 amide bonds. The molecule has 0 saturated carbocycles. The first kappa shape index (κ1) is 23.6. The monoisotopic (exact) mass is 476 g/mol. The van der Waals surface area contributed by atoms with Crippen molar-refractivity contribution in [2.45, 2.75) is 28.0 Å². The first-order valence-corrected chi connectivity index (χ1v) is 12.1. The highest BCUT2D eigenvalue weighted by Crippen LogP contribution is 2.30. The average Bonchev–Trinajstić information content (AvgIpc) is 3.12. The summed E-state index contributed by atoms with van der Waals surface area (Å²) in [6.07, 6.45) is 0. The predicted molar refractivity (Wildman–Crippen MR) is 122 cm³/mol. The molecule has 3 aromatic rings. The van der Waals surface area contributed by atoms with E-state index in [-0.39, 0.29) is 16.6 Å². The molecule has 1 aromatic heterocycles. The number of aromatic nitrogens is 3. The number of hydrogen-bond acceptors (Lipinski definition) is 8. The minimum absolute atomic E-state index is 0.220. The highest BCUT2D eigenvalue weighted by atomic mass is 32.2. The molecule has 9 nitrogen and oxygen atoms in total. The summed E-state index contributed by atoms with van der Waals surface area (Å²) < 4.78 is 37.3. The van der Waals surface area contributed by atoms with Crippen LogP contribution >= 0.6 is 11.8 Å². The number of hydrogen-bond donors (Lipinski definition) is 1. The summed E-state index contributed by atoms with van der Waals surface area (Å²) in [5.41, 5.74) is 0.483. The molecule has 2 aromatic carbocycles. The molecular weight excluding hydrogens is 452 g/mol. The summed E-state index contributed by atoms with van der Waals surface area (Å²) in [4.78, 5) is 13.0. The number of nitrogens with one attached hydrogen (secondary N) is 1. The summed E-state index contributed by atoms with van der Waals surface area (Å²) in [7, 11) is 1.17. The van der Waals surface area contributed by atoms with Crippen LogP contribution in [0.25, 0.3) is 0 Å². The summed E-state index contributed by atoms with van der Waals surface area (Å²) in [5.74, 6) is 0.812. The van der Waals surface area contributed by atoms with Crippen LogP contribution in [0.2, 0.25) is 0 Å². The summed E-state index contributed by atoms with van der Waals surface area (Å²) in [5, 5.41) is 10.8. The van der Waals surface area contributed by atoms with Crippen molar-refractivity contribution in [1.29, 1.82) is 0 Å². The lowest BCUT2D eigenvalue weighted by Crippen LogP contribution is -2.23. The molecule has 11 heteroatoms. The van der Waals surface area contributed by atoms with E-state index in [1.54, 1.807) is 67.1 Å². The molecule has 0 spiro atoms. The number of amides is 1. The fourth-order valence-corrected chi connectivity index (χ4v) is 4.98. The van der Waals surface area contributed by atoms with Crippen LogP contribution in [0.3, 0.4) is 0 Å². The van der Waals surface area contributed by atoms with Gasteiger partial charge in [-0.3, -0.25) is 4.79 Å². The first-order valence-electron chi connectivity index (χ1n) is 9.60. The SMILES string of the molecule is COc1ccc(OC)c(NC(=O)C(C)Sc2nnc(CS(=O)(=O)c3ccccc3)n2C)c1. The minimum Gasteiger partial charge on any atom is -0.497 e. The van der Waals surface area contributed by atoms with Crippen molar-refractivity contribution in [3.63, 3.8) is 0 Å². The molecule has 32 heavy (non-hydrogen) atoms. The molecule has 0 radical (unpaired) electrons. The Morgan fingerprint density at radius 1 is 1.12 bits per heavy atom. The van der Waals surface area contributed by atoms with E-state index in [1.165, 1.54) is 26.0 Å². The minimum atomic E-state index is -3.56. The Balaban J connectivity index is 1.70. The van der Waals surface area contributed by atoms with E-state index in [2.05, 4.69) is 15.5 Å². The second-order valence-corrected chi connectivity index (χ2v) is 10.1. The highest BCUT2D eigenvalue weighted by Gasteiger charge is 2.23. The number of carbonyl (C=O) groups is 1. The molecule has 0 aliphatic carbocycles. The van der Waals surface area contributed by atoms with Crippen molar-refractivity contribution in [3.05, 3.63) is 54.4 Å². The molecule has 0 saturated heterocycles. The standard InChI is InChI=1S/C21H24N4O5S2/c1-14(20(26)22-17-12-15(29-3)10-11-18(17)30-4)31-21-24-23-19(25(21)2)13-32(27,28)16-8-6-5-7-9-16/h5-12,14H,13H2,1-4H3,(H,22,26). The molecule has 1 N–H and O–H groups in total. The van der Waals surface area contributed by atoms with Crippen molar-refractivity contribution in [2.75, 3.05) is 19.5 Å². The number of carbonyl (C=O) groups excluding carboxylic acids is 1. The fraction of sp³-hybridized carbons (Fsp3) is 0.286. The third-order valence-electron chi connectivity index (χ3n) is 4.66. The van der Waals surface area contributed by atoms with E-state index < -0.39 is 15.1 Å². The van der Waals surface area contributed by atoms with Crippen LogP contribution in [0, 0.1) is 0 Å². The van der Waals surface area contributed by atoms with Gasteiger partial charge in [-0.05, 0) is 31.2 Å². The Morgan fingerprint density at radius 2 is 1.84 bits per heavy atom. The van der Waals surface area contributed by atoms with Gasteiger partial charge >= 0.3 is 0 Å². The number of nitrogens with zero attached hydrogens (tertiary/aromatic N) is 3. The van der Waals surface area contributed by atoms with Crippen LogP contribution in [0.15, 0.2) is 58.6 Å². The Morgan fingerprint density at radius 3 is 2.50 bits per heavy atom. The summed E-state index contributed by atoms with van der Waals surface area (Å²) >= 11 is 1.17. The van der Waals surface area contributed by atoms with Gasteiger partial charge in [0, 0.05) is 13.1 Å². The zero-order valence-electron chi connectivity index (χ0n) is 18.1. The van der Waals surface area contributed by atoms with Gasteiger partial charge in [-0.15, -0.1) is 10.2 Å². The summed E-state index contributed by atoms with van der Waals surface area (Å²) in [6, 6.07) is 13.3. The zero-order valence-corrected chi connectivity index (χ0v) is 19.7. The van der Waals surface area contributed by atoms with Gasteiger partial charge in [0.2, 0.25) is 5.91 Å². The Hall–Kier alpha value is -3.05. The van der Waals surface area contributed by atoms with Crippen molar-refractivity contribution < 1.29 is 22.7 Å². The molecule has 1 heterocycles. The van der Waals surface area contributed by atoms with Crippen LogP contribution in [0.5, 0.6) is 11.5 Å². The number of ether oxygens (including phenoxy) is 2. The number of anilines is 1. The van der Waals surface area contributed by atoms with Gasteiger partial charge in [-0.1, -0.05) is 30.0 Å². The van der Waals surface area contributed by atoms with Gasteiger partial charge in [0.15, 0.2) is 15.0 Å². The molecular formula is C21H24N4O5S2. The van der Waals surface area contributed by atoms with Crippen molar-refractivity contribution in [2.24, 2.45) is 7.05 Å². The lowest BCUT2D eigenvalue weighted by molar-refractivity contribution is -0.115. The number of sulfone groups is 1. The van der Waals surface area contributed by atoms with Gasteiger partial charge in [-0.25, -0.2) is 8.42 Å². The maximum absolute atomic E-state index is 12.7. The molecule has 0 bridgehead atoms. The lowest BCUT2D eigenvalue weighted by atomic mass is 10.2. The van der Waals surface area contributed by atoms with Gasteiger partial charge < -0.3 is 19.4 Å². The van der Waals surface area contributed by atoms with E-state index in [4.69, 9.17) is 9.47 Å². The van der Waals surface area contributed by atoms with Gasteiger partial charge in [0.1, 0.15) is 23.1 Å². The quantitative estimate of drug-likeness (QED) is 0.469. The maximum atomic E-state index is 12.7. The van der Waals surface area contributed by atoms with E-state index >= 15 is 0 Å². The van der Waals surface area contributed by atoms with Gasteiger partial charge in [0.25, 0.3) is 0 Å². The number of thioether (sulfide) groups is 1. The number of rotatable bonds is 9. The summed E-state index contributed by atoms with van der Waals surface area (Å²) in [6.45, 7) is 1.72. The third kappa shape index (κ3) is 5.40. The zero-order chi connectivity index (χ0) is 23.3. The van der Waals surface area contributed by atoms with Crippen molar-refractivity contribution in [1.82, 2.24) is 14.8 Å². The predicted octanol–water partition coefficient (Wildman–Crippen LogP) is 2.93. The van der Waals surface area contributed by atoms with Gasteiger partial charge in [0.05, 0.1) is 30.1 Å². The normalized spacial score (nSPS) is 12.2. The van der Waals surface area contributed by atoms with Crippen molar-refractivity contribution in [3.8, 4) is 11.5 Å². The lowest BCUT2D eigenvalue weighted by Gasteiger charge is -2.15. The second-order valence-electron chi connectivity index (χ2n) is 6.85. The fourth-order valence-electron chi connectivity index (χ4n) is 2.81. The molecule has 0 aliphatic heterocycles. The first-order chi connectivity index (χ1) is 15.2. The molecule has 1 unspecified atom stereocenters. The molecule has 1 atom stereocenters. The second kappa shape index (κ2) is 10.0. The largest absolute Gasteiger partial charge is 0.497 e. The van der Waals surface area contributed by atoms with Crippen LogP contribution < -0.4 is 14.8 Å². The number of benzene rings is 2. The smallest absolute Gasteiger partial charge is 0.237 e. The Bertz CT molecular complexity index is 1200. The molecule has 3 rings (SSSR count). The highest BCUT2D eigenvalue weighted by molar-refractivity contribution is 8.00. The third-order valence-corrected chi connectivity index (χ3v) is 7.43.